The van der Waals surface area contributed by atoms with Gasteiger partial charge in [0.15, 0.2) is 0 Å². The third kappa shape index (κ3) is 2.05. The highest BCUT2D eigenvalue weighted by molar-refractivity contribution is 5.17. The fourth-order valence-electron chi connectivity index (χ4n) is 0.614. The quantitative estimate of drug-likeness (QED) is 0.628. The van der Waals surface area contributed by atoms with Gasteiger partial charge in [-0.05, 0) is 6.92 Å². The van der Waals surface area contributed by atoms with Gasteiger partial charge in [0, 0.05) is 0 Å². The van der Waals surface area contributed by atoms with Crippen molar-refractivity contribution in [2.45, 2.75) is 6.92 Å². The summed E-state index contributed by atoms with van der Waals surface area (Å²) in [6.07, 6.45) is 1.33. The minimum Gasteiger partial charge on any atom is -0.478 e. The van der Waals surface area contributed by atoms with Crippen LogP contribution in [0.5, 0.6) is 11.8 Å². The van der Waals surface area contributed by atoms with E-state index in [0.29, 0.717) is 18.4 Å². The maximum absolute atomic E-state index is 5.06. The van der Waals surface area contributed by atoms with E-state index in [9.17, 15) is 0 Å². The van der Waals surface area contributed by atoms with Gasteiger partial charge in [-0.2, -0.15) is 10.9 Å². The summed E-state index contributed by atoms with van der Waals surface area (Å²) in [5.41, 5.74) is 0. The molecule has 0 unspecified atom stereocenters. The Kier molecular flexibility index (Phi) is 2.62. The van der Waals surface area contributed by atoms with Gasteiger partial charge >= 0.3 is 0 Å². The molecule has 0 atom stereocenters. The Balaban J connectivity index is 2.74. The number of ether oxygens (including phenoxy) is 1. The van der Waals surface area contributed by atoms with Gasteiger partial charge in [-0.15, -0.1) is 0 Å². The summed E-state index contributed by atoms with van der Waals surface area (Å²) in [6, 6.07) is 1.52. The Hall–Kier alpha value is -1.36. The molecule has 0 bridgehead atoms. The van der Waals surface area contributed by atoms with Crippen LogP contribution in [0.15, 0.2) is 12.4 Å². The van der Waals surface area contributed by atoms with Crippen molar-refractivity contribution in [1.29, 1.82) is 0 Å². The summed E-state index contributed by atoms with van der Waals surface area (Å²) < 4.78 is 5.06. The second kappa shape index (κ2) is 3.72. The normalized spacial score (nSPS) is 9.27. The first kappa shape index (κ1) is 7.74. The molecular formula is C6H9N3O2. The highest BCUT2D eigenvalue weighted by atomic mass is 16.6. The van der Waals surface area contributed by atoms with Crippen LogP contribution in [0.3, 0.4) is 0 Å². The molecule has 5 heteroatoms. The van der Waals surface area contributed by atoms with Crippen LogP contribution < -0.4 is 15.5 Å². The highest BCUT2D eigenvalue weighted by Gasteiger charge is 1.97. The van der Waals surface area contributed by atoms with Gasteiger partial charge in [0.25, 0.3) is 0 Å². The smallest absolute Gasteiger partial charge is 0.244 e. The van der Waals surface area contributed by atoms with E-state index in [1.165, 1.54) is 12.4 Å². The number of hydrogen-bond donors (Lipinski definition) is 1. The molecule has 0 amide bonds. The third-order valence-electron chi connectivity index (χ3n) is 1.03. The Bertz CT molecular complexity index is 229. The number of rotatable bonds is 3. The number of hydrogen-bond acceptors (Lipinski definition) is 5. The highest BCUT2D eigenvalue weighted by Crippen LogP contribution is 2.10. The maximum Gasteiger partial charge on any atom is 0.244 e. The van der Waals surface area contributed by atoms with Crippen molar-refractivity contribution in [3.63, 3.8) is 0 Å². The van der Waals surface area contributed by atoms with Crippen LogP contribution in [0.2, 0.25) is 0 Å². The maximum atomic E-state index is 5.06. The van der Waals surface area contributed by atoms with Gasteiger partial charge in [0.1, 0.15) is 6.33 Å². The predicted molar refractivity (Wildman–Crippen MR) is 38.0 cm³/mol. The molecule has 0 spiro atoms. The molecule has 11 heavy (non-hydrogen) atoms. The molecule has 1 heterocycles. The van der Waals surface area contributed by atoms with E-state index in [4.69, 9.17) is 10.6 Å². The van der Waals surface area contributed by atoms with E-state index in [-0.39, 0.29) is 0 Å². The second-order valence-electron chi connectivity index (χ2n) is 1.75. The lowest BCUT2D eigenvalue weighted by atomic mass is 10.6. The summed E-state index contributed by atoms with van der Waals surface area (Å²) in [4.78, 5) is 11.9. The molecular weight excluding hydrogens is 146 g/mol. The molecule has 1 aromatic rings. The molecule has 0 radical (unpaired) electrons. The van der Waals surface area contributed by atoms with Crippen LogP contribution in [0.4, 0.5) is 0 Å². The molecule has 0 saturated carbocycles. The van der Waals surface area contributed by atoms with Crippen LogP contribution in [0.1, 0.15) is 6.92 Å². The van der Waals surface area contributed by atoms with Gasteiger partial charge in [0.2, 0.25) is 11.8 Å². The van der Waals surface area contributed by atoms with Crippen LogP contribution in [0.25, 0.3) is 0 Å². The van der Waals surface area contributed by atoms with E-state index >= 15 is 0 Å². The first-order valence-electron chi connectivity index (χ1n) is 3.18. The molecule has 5 nitrogen and oxygen atoms in total. The van der Waals surface area contributed by atoms with E-state index < -0.39 is 0 Å². The molecule has 0 saturated heterocycles. The summed E-state index contributed by atoms with van der Waals surface area (Å²) in [5, 5.41) is 0. The van der Waals surface area contributed by atoms with Crippen molar-refractivity contribution >= 4 is 0 Å². The van der Waals surface area contributed by atoms with E-state index in [0.717, 1.165) is 0 Å². The zero-order chi connectivity index (χ0) is 8.10. The van der Waals surface area contributed by atoms with Crippen molar-refractivity contribution in [3.05, 3.63) is 12.4 Å². The van der Waals surface area contributed by atoms with Crippen LogP contribution in [0, 0.1) is 0 Å². The molecule has 1 rings (SSSR count). The second-order valence-corrected chi connectivity index (χ2v) is 1.75. The zero-order valence-corrected chi connectivity index (χ0v) is 6.15. The van der Waals surface area contributed by atoms with Gasteiger partial charge in [0.05, 0.1) is 12.7 Å². The Labute approximate surface area is 64.1 Å². The van der Waals surface area contributed by atoms with Gasteiger partial charge < -0.3 is 9.57 Å². The minimum atomic E-state index is 0.295. The zero-order valence-electron chi connectivity index (χ0n) is 6.15. The Morgan fingerprint density at radius 1 is 1.45 bits per heavy atom. The average Bonchev–Trinajstić information content (AvgIpc) is 2.06. The standard InChI is InChI=1S/C6H9N3O2/c1-2-10-5-3-6(11-7)9-4-8-5/h3-4H,2,7H2,1H3. The van der Waals surface area contributed by atoms with Crippen molar-refractivity contribution in [2.24, 2.45) is 5.90 Å². The monoisotopic (exact) mass is 155 g/mol. The largest absolute Gasteiger partial charge is 0.478 e. The fourth-order valence-corrected chi connectivity index (χ4v) is 0.614. The number of nitrogens with two attached hydrogens (primary N) is 1. The summed E-state index contributed by atoms with van der Waals surface area (Å²) >= 11 is 0. The number of nitrogens with zero attached hydrogens (tertiary/aromatic N) is 2. The molecule has 0 fully saturated rings. The average molecular weight is 155 g/mol. The van der Waals surface area contributed by atoms with Crippen LogP contribution in [-0.2, 0) is 0 Å². The first-order valence-corrected chi connectivity index (χ1v) is 3.18. The molecule has 60 valence electrons. The van der Waals surface area contributed by atoms with Crippen molar-refractivity contribution in [3.8, 4) is 11.8 Å². The predicted octanol–water partition coefficient (Wildman–Crippen LogP) is 0.128. The number of aromatic nitrogens is 2. The molecule has 0 aromatic carbocycles. The Morgan fingerprint density at radius 2 is 2.18 bits per heavy atom. The van der Waals surface area contributed by atoms with Crippen LogP contribution in [-0.4, -0.2) is 16.6 Å². The van der Waals surface area contributed by atoms with Crippen LogP contribution >= 0.6 is 0 Å². The van der Waals surface area contributed by atoms with Gasteiger partial charge in [-0.3, -0.25) is 0 Å². The molecule has 0 aliphatic heterocycles. The lowest BCUT2D eigenvalue weighted by Crippen LogP contribution is -2.04. The summed E-state index contributed by atoms with van der Waals surface area (Å²) in [6.45, 7) is 2.42. The topological polar surface area (TPSA) is 70.3 Å². The minimum absolute atomic E-state index is 0.295. The lowest BCUT2D eigenvalue weighted by molar-refractivity contribution is 0.301. The van der Waals surface area contributed by atoms with E-state index in [1.807, 2.05) is 6.92 Å². The van der Waals surface area contributed by atoms with Crippen molar-refractivity contribution in [2.75, 3.05) is 6.61 Å². The van der Waals surface area contributed by atoms with E-state index in [2.05, 4.69) is 14.8 Å². The van der Waals surface area contributed by atoms with Gasteiger partial charge in [-0.25, -0.2) is 4.98 Å². The first-order chi connectivity index (χ1) is 5.36. The SMILES string of the molecule is CCOc1cc(ON)ncn1. The van der Waals surface area contributed by atoms with Crippen molar-refractivity contribution in [1.82, 2.24) is 9.97 Å². The van der Waals surface area contributed by atoms with Crippen molar-refractivity contribution < 1.29 is 9.57 Å². The third-order valence-corrected chi connectivity index (χ3v) is 1.03. The fraction of sp³-hybridized carbons (Fsp3) is 0.333. The van der Waals surface area contributed by atoms with Gasteiger partial charge in [-0.1, -0.05) is 0 Å². The molecule has 2 N–H and O–H groups in total. The summed E-state index contributed by atoms with van der Waals surface area (Å²) in [5.74, 6) is 5.62. The molecule has 1 aromatic heterocycles. The molecule has 0 aliphatic rings. The lowest BCUT2D eigenvalue weighted by Gasteiger charge is -2.01. The van der Waals surface area contributed by atoms with E-state index in [1.54, 1.807) is 0 Å². The Morgan fingerprint density at radius 3 is 2.82 bits per heavy atom. The summed E-state index contributed by atoms with van der Waals surface area (Å²) in [7, 11) is 0. The molecule has 0 aliphatic carbocycles.